The lowest BCUT2D eigenvalue weighted by atomic mass is 9.98. The summed E-state index contributed by atoms with van der Waals surface area (Å²) < 4.78 is 0. The van der Waals surface area contributed by atoms with Crippen molar-refractivity contribution in [2.24, 2.45) is 5.73 Å². The third-order valence-electron chi connectivity index (χ3n) is 2.75. The summed E-state index contributed by atoms with van der Waals surface area (Å²) in [5, 5.41) is 0. The van der Waals surface area contributed by atoms with Crippen LogP contribution in [-0.4, -0.2) is 5.91 Å². The van der Waals surface area contributed by atoms with E-state index in [1.54, 1.807) is 6.08 Å². The minimum atomic E-state index is -0.436. The van der Waals surface area contributed by atoms with E-state index in [1.807, 2.05) is 24.3 Å². The Kier molecular flexibility index (Phi) is 3.58. The number of amides is 1. The zero-order valence-corrected chi connectivity index (χ0v) is 10.3. The van der Waals surface area contributed by atoms with Gasteiger partial charge in [0.15, 0.2) is 0 Å². The van der Waals surface area contributed by atoms with Gasteiger partial charge in [-0.15, -0.1) is 0 Å². The number of aryl methyl sites for hydroxylation is 1. The first kappa shape index (κ1) is 12.1. The van der Waals surface area contributed by atoms with Crippen LogP contribution in [0.5, 0.6) is 0 Å². The molecule has 90 valence electrons. The molecule has 0 radical (unpaired) electrons. The van der Waals surface area contributed by atoms with Crippen LogP contribution in [-0.2, 0) is 4.79 Å². The molecular weight excluding hydrogens is 222 g/mol. The highest BCUT2D eigenvalue weighted by Gasteiger charge is 2.01. The Labute approximate surface area is 107 Å². The molecule has 18 heavy (non-hydrogen) atoms. The Morgan fingerprint density at radius 3 is 2.39 bits per heavy atom. The highest BCUT2D eigenvalue weighted by atomic mass is 16.1. The van der Waals surface area contributed by atoms with E-state index < -0.39 is 5.91 Å². The number of carbonyl (C=O) groups is 1. The standard InChI is InChI=1S/C16H15NO/c1-12-6-8-14(9-7-12)15-5-3-2-4-13(15)10-11-16(17)18/h2-11H,1H3,(H2,17,18)/b11-10+. The van der Waals surface area contributed by atoms with Crippen LogP contribution in [0.4, 0.5) is 0 Å². The van der Waals surface area contributed by atoms with Gasteiger partial charge in [0.05, 0.1) is 0 Å². The summed E-state index contributed by atoms with van der Waals surface area (Å²) in [5.74, 6) is -0.436. The number of nitrogens with two attached hydrogens (primary N) is 1. The Hall–Kier alpha value is -2.35. The van der Waals surface area contributed by atoms with E-state index in [4.69, 9.17) is 5.73 Å². The van der Waals surface area contributed by atoms with Gasteiger partial charge in [-0.05, 0) is 29.7 Å². The maximum absolute atomic E-state index is 10.8. The molecule has 2 aromatic rings. The van der Waals surface area contributed by atoms with Gasteiger partial charge < -0.3 is 5.73 Å². The highest BCUT2D eigenvalue weighted by Crippen LogP contribution is 2.24. The molecule has 0 aliphatic rings. The van der Waals surface area contributed by atoms with Gasteiger partial charge in [0.25, 0.3) is 0 Å². The van der Waals surface area contributed by atoms with Gasteiger partial charge in [0.2, 0.25) is 5.91 Å². The molecule has 0 saturated heterocycles. The Morgan fingerprint density at radius 1 is 1.06 bits per heavy atom. The van der Waals surface area contributed by atoms with Gasteiger partial charge in [0, 0.05) is 6.08 Å². The smallest absolute Gasteiger partial charge is 0.241 e. The fraction of sp³-hybridized carbons (Fsp3) is 0.0625. The van der Waals surface area contributed by atoms with Crippen LogP contribution in [0, 0.1) is 6.92 Å². The fourth-order valence-electron chi connectivity index (χ4n) is 1.81. The summed E-state index contributed by atoms with van der Waals surface area (Å²) in [6.07, 6.45) is 3.13. The average molecular weight is 237 g/mol. The molecule has 0 atom stereocenters. The zero-order chi connectivity index (χ0) is 13.0. The summed E-state index contributed by atoms with van der Waals surface area (Å²) in [6, 6.07) is 16.2. The van der Waals surface area contributed by atoms with Crippen molar-refractivity contribution in [3.63, 3.8) is 0 Å². The molecule has 0 spiro atoms. The number of carbonyl (C=O) groups excluding carboxylic acids is 1. The van der Waals surface area contributed by atoms with Gasteiger partial charge >= 0.3 is 0 Å². The van der Waals surface area contributed by atoms with Gasteiger partial charge in [-0.1, -0.05) is 54.1 Å². The highest BCUT2D eigenvalue weighted by molar-refractivity contribution is 5.91. The molecule has 0 unspecified atom stereocenters. The van der Waals surface area contributed by atoms with Crippen LogP contribution in [0.25, 0.3) is 17.2 Å². The second kappa shape index (κ2) is 5.32. The Morgan fingerprint density at radius 2 is 1.72 bits per heavy atom. The average Bonchev–Trinajstić information content (AvgIpc) is 2.38. The summed E-state index contributed by atoms with van der Waals surface area (Å²) >= 11 is 0. The lowest BCUT2D eigenvalue weighted by Gasteiger charge is -2.06. The monoisotopic (exact) mass is 237 g/mol. The molecule has 0 heterocycles. The van der Waals surface area contributed by atoms with E-state index in [0.29, 0.717) is 0 Å². The van der Waals surface area contributed by atoms with Crippen molar-refractivity contribution < 1.29 is 4.79 Å². The Balaban J connectivity index is 2.44. The lowest BCUT2D eigenvalue weighted by molar-refractivity contribution is -0.113. The van der Waals surface area contributed by atoms with Crippen LogP contribution in [0.1, 0.15) is 11.1 Å². The molecule has 0 aliphatic heterocycles. The number of hydrogen-bond donors (Lipinski definition) is 1. The van der Waals surface area contributed by atoms with E-state index in [2.05, 4.69) is 31.2 Å². The molecule has 0 saturated carbocycles. The second-order valence-electron chi connectivity index (χ2n) is 4.19. The quantitative estimate of drug-likeness (QED) is 0.819. The van der Waals surface area contributed by atoms with Crippen LogP contribution in [0.3, 0.4) is 0 Å². The van der Waals surface area contributed by atoms with E-state index in [0.717, 1.165) is 16.7 Å². The molecule has 0 aromatic heterocycles. The van der Waals surface area contributed by atoms with Crippen LogP contribution >= 0.6 is 0 Å². The van der Waals surface area contributed by atoms with Crippen molar-refractivity contribution in [2.45, 2.75) is 6.92 Å². The van der Waals surface area contributed by atoms with Crippen molar-refractivity contribution in [3.05, 3.63) is 65.7 Å². The molecule has 1 amide bonds. The van der Waals surface area contributed by atoms with Crippen LogP contribution in [0.2, 0.25) is 0 Å². The number of hydrogen-bond acceptors (Lipinski definition) is 1. The molecule has 2 aromatic carbocycles. The van der Waals surface area contributed by atoms with Crippen molar-refractivity contribution in [1.29, 1.82) is 0 Å². The van der Waals surface area contributed by atoms with Gasteiger partial charge in [-0.2, -0.15) is 0 Å². The predicted octanol–water partition coefficient (Wildman–Crippen LogP) is 3.16. The minimum Gasteiger partial charge on any atom is -0.366 e. The molecule has 2 heteroatoms. The van der Waals surface area contributed by atoms with Crippen molar-refractivity contribution in [2.75, 3.05) is 0 Å². The molecule has 0 fully saturated rings. The second-order valence-corrected chi connectivity index (χ2v) is 4.19. The summed E-state index contributed by atoms with van der Waals surface area (Å²) in [4.78, 5) is 10.8. The maximum atomic E-state index is 10.8. The van der Waals surface area contributed by atoms with E-state index in [9.17, 15) is 4.79 Å². The zero-order valence-electron chi connectivity index (χ0n) is 10.3. The van der Waals surface area contributed by atoms with Crippen molar-refractivity contribution in [1.82, 2.24) is 0 Å². The third kappa shape index (κ3) is 2.86. The van der Waals surface area contributed by atoms with E-state index in [1.165, 1.54) is 11.6 Å². The molecule has 0 aliphatic carbocycles. The van der Waals surface area contributed by atoms with Crippen LogP contribution in [0.15, 0.2) is 54.6 Å². The minimum absolute atomic E-state index is 0.436. The summed E-state index contributed by atoms with van der Waals surface area (Å²) in [6.45, 7) is 2.06. The predicted molar refractivity (Wildman–Crippen MR) is 74.8 cm³/mol. The first-order valence-corrected chi connectivity index (χ1v) is 5.80. The van der Waals surface area contributed by atoms with Gasteiger partial charge in [-0.3, -0.25) is 4.79 Å². The van der Waals surface area contributed by atoms with E-state index in [-0.39, 0.29) is 0 Å². The molecule has 2 N–H and O–H groups in total. The third-order valence-corrected chi connectivity index (χ3v) is 2.75. The Bertz CT molecular complexity index is 582. The van der Waals surface area contributed by atoms with Gasteiger partial charge in [0.1, 0.15) is 0 Å². The molecule has 0 bridgehead atoms. The van der Waals surface area contributed by atoms with Crippen molar-refractivity contribution >= 4 is 12.0 Å². The largest absolute Gasteiger partial charge is 0.366 e. The molecular formula is C16H15NO. The van der Waals surface area contributed by atoms with Crippen molar-refractivity contribution in [3.8, 4) is 11.1 Å². The topological polar surface area (TPSA) is 43.1 Å². The maximum Gasteiger partial charge on any atom is 0.241 e. The van der Waals surface area contributed by atoms with Gasteiger partial charge in [-0.25, -0.2) is 0 Å². The number of rotatable bonds is 3. The molecule has 2 rings (SSSR count). The number of primary amides is 1. The summed E-state index contributed by atoms with van der Waals surface area (Å²) in [5.41, 5.74) is 9.56. The lowest BCUT2D eigenvalue weighted by Crippen LogP contribution is -2.05. The normalized spacial score (nSPS) is 10.7. The fourth-order valence-corrected chi connectivity index (χ4v) is 1.81. The van der Waals surface area contributed by atoms with E-state index >= 15 is 0 Å². The van der Waals surface area contributed by atoms with Crippen LogP contribution < -0.4 is 5.73 Å². The SMILES string of the molecule is Cc1ccc(-c2ccccc2/C=C/C(N)=O)cc1. The first-order chi connectivity index (χ1) is 8.66. The first-order valence-electron chi connectivity index (χ1n) is 5.80. The molecule has 2 nitrogen and oxygen atoms in total. The number of benzene rings is 2. The summed E-state index contributed by atoms with van der Waals surface area (Å²) in [7, 11) is 0.